The lowest BCUT2D eigenvalue weighted by atomic mass is 10.2. The Labute approximate surface area is 101 Å². The summed E-state index contributed by atoms with van der Waals surface area (Å²) in [6.45, 7) is 1.37. The predicted octanol–water partition coefficient (Wildman–Crippen LogP) is 1.17. The Morgan fingerprint density at radius 3 is 2.94 bits per heavy atom. The monoisotopic (exact) mass is 237 g/mol. The summed E-state index contributed by atoms with van der Waals surface area (Å²) in [5.41, 5.74) is 5.37. The highest BCUT2D eigenvalue weighted by Crippen LogP contribution is 1.99. The summed E-state index contributed by atoms with van der Waals surface area (Å²) in [6, 6.07) is 5.35. The molecule has 1 heterocycles. The maximum atomic E-state index is 11.4. The fraction of sp³-hybridized carbons (Fsp3) is 0.500. The third kappa shape index (κ3) is 6.65. The van der Waals surface area contributed by atoms with E-state index in [1.165, 1.54) is 0 Å². The van der Waals surface area contributed by atoms with Gasteiger partial charge >= 0.3 is 0 Å². The summed E-state index contributed by atoms with van der Waals surface area (Å²) in [7, 11) is 0. The topological polar surface area (TPSA) is 77.2 Å². The van der Waals surface area contributed by atoms with Crippen molar-refractivity contribution in [2.45, 2.75) is 19.3 Å². The molecule has 0 bridgehead atoms. The summed E-state index contributed by atoms with van der Waals surface area (Å²) < 4.78 is 5.23. The number of nitrogens with zero attached hydrogens (tertiary/aromatic N) is 1. The normalized spacial score (nSPS) is 10.2. The van der Waals surface area contributed by atoms with Crippen molar-refractivity contribution in [2.24, 2.45) is 5.73 Å². The van der Waals surface area contributed by atoms with Gasteiger partial charge in [-0.1, -0.05) is 6.07 Å². The molecular weight excluding hydrogens is 218 g/mol. The van der Waals surface area contributed by atoms with E-state index >= 15 is 0 Å². The van der Waals surface area contributed by atoms with Crippen molar-refractivity contribution >= 4 is 11.7 Å². The van der Waals surface area contributed by atoms with Gasteiger partial charge in [-0.05, 0) is 37.9 Å². The highest BCUT2D eigenvalue weighted by molar-refractivity contribution is 5.90. The van der Waals surface area contributed by atoms with Gasteiger partial charge in [0.1, 0.15) is 12.4 Å². The first-order valence-corrected chi connectivity index (χ1v) is 5.81. The number of hydrogen-bond acceptors (Lipinski definition) is 4. The number of aromatic nitrogens is 1. The smallest absolute Gasteiger partial charge is 0.251 e. The quantitative estimate of drug-likeness (QED) is 0.665. The minimum Gasteiger partial charge on any atom is -0.372 e. The Morgan fingerprint density at radius 2 is 2.24 bits per heavy atom. The minimum atomic E-state index is -0.178. The van der Waals surface area contributed by atoms with Crippen LogP contribution in [0.2, 0.25) is 0 Å². The second kappa shape index (κ2) is 8.66. The molecule has 3 N–H and O–H groups in total. The molecule has 0 aliphatic carbocycles. The van der Waals surface area contributed by atoms with Gasteiger partial charge < -0.3 is 15.8 Å². The zero-order valence-electron chi connectivity index (χ0n) is 9.89. The zero-order chi connectivity index (χ0) is 12.3. The van der Waals surface area contributed by atoms with Crippen LogP contribution in [0.1, 0.15) is 19.3 Å². The van der Waals surface area contributed by atoms with Crippen molar-refractivity contribution in [1.82, 2.24) is 4.98 Å². The fourth-order valence-corrected chi connectivity index (χ4v) is 1.31. The third-order valence-electron chi connectivity index (χ3n) is 2.16. The number of carbonyl (C=O) groups is 1. The maximum Gasteiger partial charge on any atom is 0.251 e. The number of unbranched alkanes of at least 4 members (excludes halogenated alkanes) is 2. The standard InChI is InChI=1S/C12H19N3O2/c13-7-3-1-5-9-17-10-12(16)15-11-6-2-4-8-14-11/h2,4,6,8H,1,3,5,7,9-10,13H2,(H,14,15,16). The highest BCUT2D eigenvalue weighted by atomic mass is 16.5. The van der Waals surface area contributed by atoms with Crippen LogP contribution in [-0.4, -0.2) is 30.6 Å². The van der Waals surface area contributed by atoms with E-state index in [1.54, 1.807) is 18.3 Å². The predicted molar refractivity (Wildman–Crippen MR) is 66.6 cm³/mol. The van der Waals surface area contributed by atoms with Crippen LogP contribution in [-0.2, 0) is 9.53 Å². The molecular formula is C12H19N3O2. The molecule has 0 atom stereocenters. The van der Waals surface area contributed by atoms with Gasteiger partial charge in [-0.3, -0.25) is 4.79 Å². The number of anilines is 1. The summed E-state index contributed by atoms with van der Waals surface area (Å²) in [5, 5.41) is 2.65. The van der Waals surface area contributed by atoms with E-state index in [0.29, 0.717) is 19.0 Å². The lowest BCUT2D eigenvalue weighted by Gasteiger charge is -2.05. The first kappa shape index (κ1) is 13.6. The summed E-state index contributed by atoms with van der Waals surface area (Å²) in [6.07, 6.45) is 4.61. The molecule has 0 aliphatic rings. The summed E-state index contributed by atoms with van der Waals surface area (Å²) in [5.74, 6) is 0.367. The van der Waals surface area contributed by atoms with E-state index in [9.17, 15) is 4.79 Å². The van der Waals surface area contributed by atoms with Gasteiger partial charge in [0.15, 0.2) is 0 Å². The van der Waals surface area contributed by atoms with Gasteiger partial charge in [0.05, 0.1) is 0 Å². The van der Waals surface area contributed by atoms with Crippen LogP contribution in [0.3, 0.4) is 0 Å². The largest absolute Gasteiger partial charge is 0.372 e. The van der Waals surface area contributed by atoms with E-state index in [0.717, 1.165) is 19.3 Å². The molecule has 0 radical (unpaired) electrons. The zero-order valence-corrected chi connectivity index (χ0v) is 9.89. The first-order chi connectivity index (χ1) is 8.33. The summed E-state index contributed by atoms with van der Waals surface area (Å²) in [4.78, 5) is 15.4. The molecule has 5 heteroatoms. The maximum absolute atomic E-state index is 11.4. The molecule has 1 aromatic rings. The van der Waals surface area contributed by atoms with Crippen LogP contribution < -0.4 is 11.1 Å². The van der Waals surface area contributed by atoms with Crippen LogP contribution in [0.15, 0.2) is 24.4 Å². The van der Waals surface area contributed by atoms with Crippen molar-refractivity contribution in [2.75, 3.05) is 25.1 Å². The molecule has 94 valence electrons. The fourth-order valence-electron chi connectivity index (χ4n) is 1.31. The number of rotatable bonds is 8. The molecule has 0 saturated heterocycles. The van der Waals surface area contributed by atoms with Gasteiger partial charge in [-0.25, -0.2) is 4.98 Å². The number of nitrogens with two attached hydrogens (primary N) is 1. The van der Waals surface area contributed by atoms with Crippen LogP contribution in [0.5, 0.6) is 0 Å². The number of nitrogens with one attached hydrogen (secondary N) is 1. The SMILES string of the molecule is NCCCCCOCC(=O)Nc1ccccn1. The second-order valence-corrected chi connectivity index (χ2v) is 3.67. The van der Waals surface area contributed by atoms with Gasteiger partial charge in [-0.2, -0.15) is 0 Å². The number of amides is 1. The van der Waals surface area contributed by atoms with Gasteiger partial charge in [-0.15, -0.1) is 0 Å². The lowest BCUT2D eigenvalue weighted by molar-refractivity contribution is -0.120. The Balaban J connectivity index is 2.06. The Kier molecular flexibility index (Phi) is 6.93. The van der Waals surface area contributed by atoms with Crippen molar-refractivity contribution in [3.05, 3.63) is 24.4 Å². The molecule has 0 saturated carbocycles. The van der Waals surface area contributed by atoms with E-state index in [-0.39, 0.29) is 12.5 Å². The van der Waals surface area contributed by atoms with Crippen molar-refractivity contribution in [1.29, 1.82) is 0 Å². The molecule has 0 aliphatic heterocycles. The van der Waals surface area contributed by atoms with Crippen molar-refractivity contribution in [3.63, 3.8) is 0 Å². The van der Waals surface area contributed by atoms with Gasteiger partial charge in [0.25, 0.3) is 5.91 Å². The lowest BCUT2D eigenvalue weighted by Crippen LogP contribution is -2.19. The van der Waals surface area contributed by atoms with Crippen molar-refractivity contribution < 1.29 is 9.53 Å². The van der Waals surface area contributed by atoms with E-state index in [2.05, 4.69) is 10.3 Å². The van der Waals surface area contributed by atoms with E-state index in [4.69, 9.17) is 10.5 Å². The van der Waals surface area contributed by atoms with Crippen LogP contribution in [0, 0.1) is 0 Å². The van der Waals surface area contributed by atoms with Crippen LogP contribution >= 0.6 is 0 Å². The Morgan fingerprint density at radius 1 is 1.35 bits per heavy atom. The molecule has 0 unspecified atom stereocenters. The summed E-state index contributed by atoms with van der Waals surface area (Å²) >= 11 is 0. The molecule has 0 spiro atoms. The average molecular weight is 237 g/mol. The van der Waals surface area contributed by atoms with Gasteiger partial charge in [0.2, 0.25) is 0 Å². The Bertz CT molecular complexity index is 317. The Hall–Kier alpha value is -1.46. The molecule has 1 aromatic heterocycles. The first-order valence-electron chi connectivity index (χ1n) is 5.81. The second-order valence-electron chi connectivity index (χ2n) is 3.67. The van der Waals surface area contributed by atoms with Crippen molar-refractivity contribution in [3.8, 4) is 0 Å². The molecule has 1 rings (SSSR count). The molecule has 1 amide bonds. The number of hydrogen-bond donors (Lipinski definition) is 2. The van der Waals surface area contributed by atoms with Crippen LogP contribution in [0.25, 0.3) is 0 Å². The molecule has 5 nitrogen and oxygen atoms in total. The number of ether oxygens (including phenoxy) is 1. The highest BCUT2D eigenvalue weighted by Gasteiger charge is 2.02. The molecule has 0 fully saturated rings. The average Bonchev–Trinajstić information content (AvgIpc) is 2.35. The number of carbonyl (C=O) groups excluding carboxylic acids is 1. The third-order valence-corrected chi connectivity index (χ3v) is 2.16. The minimum absolute atomic E-state index is 0.0687. The number of pyridine rings is 1. The van der Waals surface area contributed by atoms with Gasteiger partial charge in [0, 0.05) is 12.8 Å². The molecule has 0 aromatic carbocycles. The van der Waals surface area contributed by atoms with E-state index in [1.807, 2.05) is 6.07 Å². The van der Waals surface area contributed by atoms with E-state index < -0.39 is 0 Å². The van der Waals surface area contributed by atoms with Crippen LogP contribution in [0.4, 0.5) is 5.82 Å². The molecule has 17 heavy (non-hydrogen) atoms.